The van der Waals surface area contributed by atoms with E-state index in [0.29, 0.717) is 6.42 Å². The minimum atomic E-state index is -0.764. The van der Waals surface area contributed by atoms with Crippen molar-refractivity contribution in [1.82, 2.24) is 0 Å². The molecule has 0 saturated carbocycles. The molecular formula is C11H13FO. The van der Waals surface area contributed by atoms with Crippen LogP contribution in [-0.4, -0.2) is 12.8 Å². The van der Waals surface area contributed by atoms with Crippen LogP contribution in [0.2, 0.25) is 0 Å². The van der Waals surface area contributed by atoms with Gasteiger partial charge in [-0.05, 0) is 18.4 Å². The predicted octanol–water partition coefficient (Wildman–Crippen LogP) is 2.88. The van der Waals surface area contributed by atoms with Gasteiger partial charge in [0.1, 0.15) is 6.17 Å². The summed E-state index contributed by atoms with van der Waals surface area (Å²) in [6, 6.07) is 10.0. The summed E-state index contributed by atoms with van der Waals surface area (Å²) in [4.78, 5) is 0. The molecular weight excluding hydrogens is 167 g/mol. The highest BCUT2D eigenvalue weighted by Crippen LogP contribution is 2.28. The molecule has 1 nitrogen and oxygen atoms in total. The minimum absolute atomic E-state index is 0.105. The molecule has 0 aliphatic carbocycles. The van der Waals surface area contributed by atoms with Crippen molar-refractivity contribution >= 4 is 0 Å². The number of hydrogen-bond acceptors (Lipinski definition) is 1. The second-order valence-corrected chi connectivity index (χ2v) is 3.41. The van der Waals surface area contributed by atoms with E-state index in [2.05, 4.69) is 0 Å². The molecule has 0 unspecified atom stereocenters. The van der Waals surface area contributed by atoms with Gasteiger partial charge in [-0.1, -0.05) is 30.3 Å². The van der Waals surface area contributed by atoms with Crippen LogP contribution in [-0.2, 0) is 4.74 Å². The van der Waals surface area contributed by atoms with Crippen molar-refractivity contribution < 1.29 is 9.13 Å². The van der Waals surface area contributed by atoms with Crippen LogP contribution in [0.15, 0.2) is 30.3 Å². The van der Waals surface area contributed by atoms with E-state index in [1.165, 1.54) is 0 Å². The highest BCUT2D eigenvalue weighted by Gasteiger charge is 2.21. The van der Waals surface area contributed by atoms with Crippen LogP contribution in [0.1, 0.15) is 24.5 Å². The second-order valence-electron chi connectivity index (χ2n) is 3.41. The van der Waals surface area contributed by atoms with Crippen LogP contribution in [0.4, 0.5) is 4.39 Å². The quantitative estimate of drug-likeness (QED) is 0.645. The van der Waals surface area contributed by atoms with Crippen molar-refractivity contribution in [2.75, 3.05) is 6.61 Å². The van der Waals surface area contributed by atoms with Gasteiger partial charge in [0.15, 0.2) is 0 Å². The fraction of sp³-hybridized carbons (Fsp3) is 0.455. The minimum Gasteiger partial charge on any atom is -0.371 e. The molecule has 2 atom stereocenters. The first-order valence-corrected chi connectivity index (χ1v) is 4.67. The molecule has 0 N–H and O–H groups in total. The predicted molar refractivity (Wildman–Crippen MR) is 49.3 cm³/mol. The number of alkyl halides is 1. The SMILES string of the molecule is F[C@@H]1CC[C@@H](c2ccccc2)OC1. The lowest BCUT2D eigenvalue weighted by Crippen LogP contribution is -2.21. The average Bonchev–Trinajstić information content (AvgIpc) is 2.20. The van der Waals surface area contributed by atoms with Gasteiger partial charge in [-0.3, -0.25) is 0 Å². The number of benzene rings is 1. The molecule has 13 heavy (non-hydrogen) atoms. The monoisotopic (exact) mass is 180 g/mol. The van der Waals surface area contributed by atoms with Crippen molar-refractivity contribution in [2.45, 2.75) is 25.1 Å². The Kier molecular flexibility index (Phi) is 2.60. The summed E-state index contributed by atoms with van der Waals surface area (Å²) in [6.07, 6.45) is 0.762. The maximum Gasteiger partial charge on any atom is 0.123 e. The van der Waals surface area contributed by atoms with E-state index in [9.17, 15) is 4.39 Å². The Morgan fingerprint density at radius 1 is 1.15 bits per heavy atom. The summed E-state index contributed by atoms with van der Waals surface area (Å²) in [5, 5.41) is 0. The number of ether oxygens (including phenoxy) is 1. The van der Waals surface area contributed by atoms with E-state index >= 15 is 0 Å². The molecule has 1 aliphatic rings. The van der Waals surface area contributed by atoms with Gasteiger partial charge in [0, 0.05) is 0 Å². The Labute approximate surface area is 77.5 Å². The first kappa shape index (κ1) is 8.70. The topological polar surface area (TPSA) is 9.23 Å². The summed E-state index contributed by atoms with van der Waals surface area (Å²) in [6.45, 7) is 0.250. The molecule has 70 valence electrons. The molecule has 1 aromatic rings. The summed E-state index contributed by atoms with van der Waals surface area (Å²) in [5.41, 5.74) is 1.16. The molecule has 0 aromatic heterocycles. The lowest BCUT2D eigenvalue weighted by Gasteiger charge is -2.25. The van der Waals surface area contributed by atoms with Crippen LogP contribution in [0.3, 0.4) is 0 Å². The smallest absolute Gasteiger partial charge is 0.123 e. The third-order valence-corrected chi connectivity index (χ3v) is 2.39. The van der Waals surface area contributed by atoms with Crippen LogP contribution in [0.25, 0.3) is 0 Å². The molecule has 0 amide bonds. The standard InChI is InChI=1S/C11H13FO/c12-10-6-7-11(13-8-10)9-4-2-1-3-5-9/h1-5,10-11H,6-8H2/t10-,11+/m1/s1. The lowest BCUT2D eigenvalue weighted by molar-refractivity contribution is -0.0279. The summed E-state index contributed by atoms with van der Waals surface area (Å²) in [7, 11) is 0. The zero-order valence-corrected chi connectivity index (χ0v) is 7.45. The molecule has 0 spiro atoms. The molecule has 1 aliphatic heterocycles. The van der Waals surface area contributed by atoms with E-state index in [-0.39, 0.29) is 12.7 Å². The van der Waals surface area contributed by atoms with Gasteiger partial charge in [-0.15, -0.1) is 0 Å². The molecule has 2 rings (SSSR count). The van der Waals surface area contributed by atoms with Gasteiger partial charge in [0.25, 0.3) is 0 Å². The molecule has 1 aromatic carbocycles. The van der Waals surface area contributed by atoms with Crippen LogP contribution in [0, 0.1) is 0 Å². The van der Waals surface area contributed by atoms with E-state index in [1.807, 2.05) is 30.3 Å². The molecule has 0 radical (unpaired) electrons. The van der Waals surface area contributed by atoms with E-state index in [4.69, 9.17) is 4.74 Å². The van der Waals surface area contributed by atoms with Crippen molar-refractivity contribution in [2.24, 2.45) is 0 Å². The van der Waals surface area contributed by atoms with Crippen LogP contribution in [0.5, 0.6) is 0 Å². The fourth-order valence-corrected chi connectivity index (χ4v) is 1.65. The average molecular weight is 180 g/mol. The van der Waals surface area contributed by atoms with Crippen LogP contribution < -0.4 is 0 Å². The maximum absolute atomic E-state index is 12.7. The molecule has 2 heteroatoms. The largest absolute Gasteiger partial charge is 0.371 e. The highest BCUT2D eigenvalue weighted by molar-refractivity contribution is 5.17. The van der Waals surface area contributed by atoms with Gasteiger partial charge in [-0.25, -0.2) is 4.39 Å². The van der Waals surface area contributed by atoms with E-state index < -0.39 is 6.17 Å². The van der Waals surface area contributed by atoms with Crippen molar-refractivity contribution in [1.29, 1.82) is 0 Å². The number of rotatable bonds is 1. The first-order valence-electron chi connectivity index (χ1n) is 4.67. The van der Waals surface area contributed by atoms with Crippen molar-refractivity contribution in [3.05, 3.63) is 35.9 Å². The van der Waals surface area contributed by atoms with Gasteiger partial charge < -0.3 is 4.74 Å². The Bertz CT molecular complexity index is 252. The lowest BCUT2D eigenvalue weighted by atomic mass is 10.0. The Hall–Kier alpha value is -0.890. The van der Waals surface area contributed by atoms with Crippen LogP contribution >= 0.6 is 0 Å². The van der Waals surface area contributed by atoms with Gasteiger partial charge in [0.2, 0.25) is 0 Å². The highest BCUT2D eigenvalue weighted by atomic mass is 19.1. The Morgan fingerprint density at radius 3 is 2.54 bits per heavy atom. The second kappa shape index (κ2) is 3.88. The molecule has 1 fully saturated rings. The summed E-state index contributed by atoms with van der Waals surface area (Å²) < 4.78 is 18.1. The molecule has 0 bridgehead atoms. The maximum atomic E-state index is 12.7. The Morgan fingerprint density at radius 2 is 1.92 bits per heavy atom. The van der Waals surface area contributed by atoms with E-state index in [0.717, 1.165) is 12.0 Å². The molecule has 1 saturated heterocycles. The summed E-state index contributed by atoms with van der Waals surface area (Å²) >= 11 is 0. The van der Waals surface area contributed by atoms with E-state index in [1.54, 1.807) is 0 Å². The van der Waals surface area contributed by atoms with Crippen molar-refractivity contribution in [3.63, 3.8) is 0 Å². The first-order chi connectivity index (χ1) is 6.36. The summed E-state index contributed by atoms with van der Waals surface area (Å²) in [5.74, 6) is 0. The third kappa shape index (κ3) is 2.07. The third-order valence-electron chi connectivity index (χ3n) is 2.39. The normalized spacial score (nSPS) is 28.7. The van der Waals surface area contributed by atoms with Gasteiger partial charge in [0.05, 0.1) is 12.7 Å². The van der Waals surface area contributed by atoms with Crippen molar-refractivity contribution in [3.8, 4) is 0 Å². The Balaban J connectivity index is 2.03. The zero-order valence-electron chi connectivity index (χ0n) is 7.45. The number of halogens is 1. The van der Waals surface area contributed by atoms with Gasteiger partial charge in [-0.2, -0.15) is 0 Å². The van der Waals surface area contributed by atoms with Gasteiger partial charge >= 0.3 is 0 Å². The zero-order chi connectivity index (χ0) is 9.10. The number of hydrogen-bond donors (Lipinski definition) is 0. The molecule has 1 heterocycles. The fourth-order valence-electron chi connectivity index (χ4n) is 1.65.